The lowest BCUT2D eigenvalue weighted by Crippen LogP contribution is -2.36. The summed E-state index contributed by atoms with van der Waals surface area (Å²) in [5.74, 6) is 1.66. The number of rotatable bonds is 5. The predicted molar refractivity (Wildman–Crippen MR) is 62.5 cm³/mol. The molecule has 0 aromatic carbocycles. The van der Waals surface area contributed by atoms with Gasteiger partial charge >= 0.3 is 0 Å². The molecule has 84 valence electrons. The Hall–Kier alpha value is -0.0800. The van der Waals surface area contributed by atoms with E-state index in [-0.39, 0.29) is 0 Å². The number of nitrogens with one attached hydrogen (secondary N) is 1. The highest BCUT2D eigenvalue weighted by molar-refractivity contribution is 4.82. The zero-order valence-corrected chi connectivity index (χ0v) is 10.2. The molecule has 1 rings (SSSR count). The molecule has 1 saturated heterocycles. The van der Waals surface area contributed by atoms with Crippen LogP contribution in [0.5, 0.6) is 0 Å². The Labute approximate surface area is 89.1 Å². The summed E-state index contributed by atoms with van der Waals surface area (Å²) in [5, 5.41) is 3.53. The van der Waals surface area contributed by atoms with Gasteiger partial charge in [0, 0.05) is 19.1 Å². The van der Waals surface area contributed by atoms with E-state index in [1.807, 2.05) is 0 Å². The molecule has 1 aliphatic heterocycles. The van der Waals surface area contributed by atoms with E-state index in [2.05, 4.69) is 37.9 Å². The van der Waals surface area contributed by atoms with Gasteiger partial charge in [0.15, 0.2) is 0 Å². The lowest BCUT2D eigenvalue weighted by molar-refractivity contribution is 0.211. The highest BCUT2D eigenvalue weighted by Crippen LogP contribution is 2.17. The van der Waals surface area contributed by atoms with Gasteiger partial charge in [0.25, 0.3) is 0 Å². The van der Waals surface area contributed by atoms with Gasteiger partial charge in [-0.2, -0.15) is 0 Å². The van der Waals surface area contributed by atoms with Crippen LogP contribution in [0.15, 0.2) is 0 Å². The van der Waals surface area contributed by atoms with Gasteiger partial charge in [-0.05, 0) is 38.3 Å². The maximum atomic E-state index is 3.53. The van der Waals surface area contributed by atoms with Gasteiger partial charge in [-0.1, -0.05) is 20.8 Å². The van der Waals surface area contributed by atoms with Crippen molar-refractivity contribution in [2.24, 2.45) is 11.8 Å². The van der Waals surface area contributed by atoms with Crippen molar-refractivity contribution < 1.29 is 0 Å². The Bertz CT molecular complexity index is 156. The first-order chi connectivity index (χ1) is 6.63. The van der Waals surface area contributed by atoms with Crippen LogP contribution in [0.4, 0.5) is 0 Å². The molecule has 1 N–H and O–H groups in total. The zero-order chi connectivity index (χ0) is 10.6. The Balaban J connectivity index is 2.31. The summed E-state index contributed by atoms with van der Waals surface area (Å²) in [6.45, 7) is 14.1. The maximum Gasteiger partial charge on any atom is 0.00796 e. The van der Waals surface area contributed by atoms with Gasteiger partial charge in [0.2, 0.25) is 0 Å². The van der Waals surface area contributed by atoms with Crippen LogP contribution in [0, 0.1) is 11.8 Å². The molecular formula is C12H26N2. The van der Waals surface area contributed by atoms with Crippen LogP contribution in [0.1, 0.15) is 34.1 Å². The summed E-state index contributed by atoms with van der Waals surface area (Å²) >= 11 is 0. The van der Waals surface area contributed by atoms with Crippen LogP contribution < -0.4 is 5.32 Å². The molecule has 0 aliphatic carbocycles. The quantitative estimate of drug-likeness (QED) is 0.726. The van der Waals surface area contributed by atoms with Crippen molar-refractivity contribution in [1.82, 2.24) is 10.2 Å². The van der Waals surface area contributed by atoms with Crippen molar-refractivity contribution in [3.05, 3.63) is 0 Å². The van der Waals surface area contributed by atoms with Gasteiger partial charge in [-0.15, -0.1) is 0 Å². The predicted octanol–water partition coefficient (Wildman–Crippen LogP) is 1.96. The first-order valence-corrected chi connectivity index (χ1v) is 6.09. The lowest BCUT2D eigenvalue weighted by atomic mass is 10.0. The van der Waals surface area contributed by atoms with E-state index in [0.717, 1.165) is 17.9 Å². The molecular weight excluding hydrogens is 172 g/mol. The van der Waals surface area contributed by atoms with Crippen LogP contribution in [0.25, 0.3) is 0 Å². The van der Waals surface area contributed by atoms with Crippen LogP contribution >= 0.6 is 0 Å². The van der Waals surface area contributed by atoms with Crippen molar-refractivity contribution in [2.45, 2.75) is 40.2 Å². The first kappa shape index (κ1) is 12.0. The van der Waals surface area contributed by atoms with E-state index in [1.165, 1.54) is 32.6 Å². The van der Waals surface area contributed by atoms with Gasteiger partial charge in [-0.25, -0.2) is 0 Å². The minimum atomic E-state index is 0.719. The Kier molecular flexibility index (Phi) is 4.90. The highest BCUT2D eigenvalue weighted by atomic mass is 15.1. The second-order valence-electron chi connectivity index (χ2n) is 5.04. The Morgan fingerprint density at radius 1 is 1.43 bits per heavy atom. The van der Waals surface area contributed by atoms with Crippen molar-refractivity contribution in [1.29, 1.82) is 0 Å². The standard InChI is InChI=1S/C12H26N2/c1-5-14(8-10(2)3)9-12-6-7-13-11(12)4/h10-13H,5-9H2,1-4H3. The van der Waals surface area contributed by atoms with Gasteiger partial charge in [-0.3, -0.25) is 0 Å². The van der Waals surface area contributed by atoms with E-state index >= 15 is 0 Å². The number of nitrogens with zero attached hydrogens (tertiary/aromatic N) is 1. The van der Waals surface area contributed by atoms with Crippen LogP contribution in [0.2, 0.25) is 0 Å². The minimum Gasteiger partial charge on any atom is -0.314 e. The van der Waals surface area contributed by atoms with Crippen molar-refractivity contribution in [3.63, 3.8) is 0 Å². The molecule has 0 amide bonds. The molecule has 2 unspecified atom stereocenters. The second-order valence-corrected chi connectivity index (χ2v) is 5.04. The van der Waals surface area contributed by atoms with Crippen LogP contribution in [-0.4, -0.2) is 37.1 Å². The van der Waals surface area contributed by atoms with E-state index < -0.39 is 0 Å². The Morgan fingerprint density at radius 3 is 2.57 bits per heavy atom. The maximum absolute atomic E-state index is 3.53. The molecule has 0 bridgehead atoms. The average Bonchev–Trinajstić information content (AvgIpc) is 2.50. The van der Waals surface area contributed by atoms with E-state index in [0.29, 0.717) is 0 Å². The summed E-state index contributed by atoms with van der Waals surface area (Å²) in [6.07, 6.45) is 1.36. The molecule has 1 aliphatic rings. The fourth-order valence-electron chi connectivity index (χ4n) is 2.34. The third kappa shape index (κ3) is 3.58. The summed E-state index contributed by atoms with van der Waals surface area (Å²) in [7, 11) is 0. The molecule has 1 fully saturated rings. The van der Waals surface area contributed by atoms with E-state index in [1.54, 1.807) is 0 Å². The molecule has 0 aromatic heterocycles. The third-order valence-corrected chi connectivity index (χ3v) is 3.25. The fourth-order valence-corrected chi connectivity index (χ4v) is 2.34. The van der Waals surface area contributed by atoms with Crippen LogP contribution in [0.3, 0.4) is 0 Å². The lowest BCUT2D eigenvalue weighted by Gasteiger charge is -2.27. The summed E-state index contributed by atoms with van der Waals surface area (Å²) in [6, 6.07) is 0.719. The smallest absolute Gasteiger partial charge is 0.00796 e. The number of hydrogen-bond donors (Lipinski definition) is 1. The summed E-state index contributed by atoms with van der Waals surface area (Å²) in [5.41, 5.74) is 0. The van der Waals surface area contributed by atoms with E-state index in [4.69, 9.17) is 0 Å². The van der Waals surface area contributed by atoms with Crippen molar-refractivity contribution in [2.75, 3.05) is 26.2 Å². The topological polar surface area (TPSA) is 15.3 Å². The highest BCUT2D eigenvalue weighted by Gasteiger charge is 2.24. The minimum absolute atomic E-state index is 0.719. The van der Waals surface area contributed by atoms with Gasteiger partial charge in [0.05, 0.1) is 0 Å². The number of hydrogen-bond acceptors (Lipinski definition) is 2. The largest absolute Gasteiger partial charge is 0.314 e. The monoisotopic (exact) mass is 198 g/mol. The fraction of sp³-hybridized carbons (Fsp3) is 1.00. The summed E-state index contributed by atoms with van der Waals surface area (Å²) < 4.78 is 0. The van der Waals surface area contributed by atoms with Crippen molar-refractivity contribution >= 4 is 0 Å². The SMILES string of the molecule is CCN(CC(C)C)CC1CCNC1C. The van der Waals surface area contributed by atoms with Crippen LogP contribution in [-0.2, 0) is 0 Å². The summed E-state index contributed by atoms with van der Waals surface area (Å²) in [4.78, 5) is 2.60. The van der Waals surface area contributed by atoms with E-state index in [9.17, 15) is 0 Å². The normalized spacial score (nSPS) is 27.9. The van der Waals surface area contributed by atoms with Gasteiger partial charge in [0.1, 0.15) is 0 Å². The molecule has 2 atom stereocenters. The molecule has 0 saturated carbocycles. The third-order valence-electron chi connectivity index (χ3n) is 3.25. The molecule has 1 heterocycles. The molecule has 0 radical (unpaired) electrons. The van der Waals surface area contributed by atoms with Crippen molar-refractivity contribution in [3.8, 4) is 0 Å². The average molecular weight is 198 g/mol. The Morgan fingerprint density at radius 2 is 2.14 bits per heavy atom. The molecule has 0 aromatic rings. The molecule has 2 heteroatoms. The molecule has 14 heavy (non-hydrogen) atoms. The first-order valence-electron chi connectivity index (χ1n) is 6.09. The van der Waals surface area contributed by atoms with Gasteiger partial charge < -0.3 is 10.2 Å². The second kappa shape index (κ2) is 5.72. The zero-order valence-electron chi connectivity index (χ0n) is 10.2. The molecule has 0 spiro atoms. The molecule has 2 nitrogen and oxygen atoms in total.